The zero-order valence-electron chi connectivity index (χ0n) is 10.5. The van der Waals surface area contributed by atoms with Crippen molar-refractivity contribution in [3.8, 4) is 5.75 Å². The molecule has 0 N–H and O–H groups in total. The van der Waals surface area contributed by atoms with Crippen LogP contribution < -0.4 is 4.74 Å². The summed E-state index contributed by atoms with van der Waals surface area (Å²) < 4.78 is 5.69. The molecule has 3 nitrogen and oxygen atoms in total. The molecule has 0 unspecified atom stereocenters. The number of hydrogen-bond acceptors (Lipinski definition) is 4. The molecule has 0 saturated carbocycles. The quantitative estimate of drug-likeness (QED) is 0.776. The molecule has 0 amide bonds. The SMILES string of the molecule is Cc1cc(C)cc(OCCc2nc(C=O)cs2)c1. The van der Waals surface area contributed by atoms with Crippen LogP contribution in [0.2, 0.25) is 0 Å². The van der Waals surface area contributed by atoms with Crippen molar-refractivity contribution in [2.45, 2.75) is 20.3 Å². The number of thiazole rings is 1. The molecule has 0 aliphatic rings. The average Bonchev–Trinajstić information content (AvgIpc) is 2.76. The van der Waals surface area contributed by atoms with Crippen LogP contribution in [-0.4, -0.2) is 17.9 Å². The van der Waals surface area contributed by atoms with E-state index in [4.69, 9.17) is 4.74 Å². The van der Waals surface area contributed by atoms with Crippen LogP contribution in [0.25, 0.3) is 0 Å². The number of hydrogen-bond donors (Lipinski definition) is 0. The van der Waals surface area contributed by atoms with Crippen molar-refractivity contribution in [1.29, 1.82) is 0 Å². The Kier molecular flexibility index (Phi) is 4.10. The van der Waals surface area contributed by atoms with Gasteiger partial charge in [-0.05, 0) is 37.1 Å². The minimum absolute atomic E-state index is 0.501. The fraction of sp³-hybridized carbons (Fsp3) is 0.286. The first-order chi connectivity index (χ1) is 8.67. The Morgan fingerprint density at radius 1 is 1.28 bits per heavy atom. The monoisotopic (exact) mass is 261 g/mol. The van der Waals surface area contributed by atoms with Crippen LogP contribution in [-0.2, 0) is 6.42 Å². The Hall–Kier alpha value is -1.68. The van der Waals surface area contributed by atoms with Crippen LogP contribution in [0.5, 0.6) is 5.75 Å². The zero-order chi connectivity index (χ0) is 13.0. The molecule has 1 aromatic heterocycles. The summed E-state index contributed by atoms with van der Waals surface area (Å²) in [6.07, 6.45) is 1.50. The summed E-state index contributed by atoms with van der Waals surface area (Å²) >= 11 is 1.49. The third-order valence-corrected chi connectivity index (χ3v) is 3.40. The molecule has 0 saturated heterocycles. The Morgan fingerprint density at radius 3 is 2.61 bits per heavy atom. The lowest BCUT2D eigenvalue weighted by Crippen LogP contribution is -2.01. The summed E-state index contributed by atoms with van der Waals surface area (Å²) in [6.45, 7) is 4.68. The predicted molar refractivity (Wildman–Crippen MR) is 72.6 cm³/mol. The van der Waals surface area contributed by atoms with Gasteiger partial charge in [-0.25, -0.2) is 4.98 Å². The summed E-state index contributed by atoms with van der Waals surface area (Å²) in [4.78, 5) is 14.7. The summed E-state index contributed by atoms with van der Waals surface area (Å²) in [5.41, 5.74) is 2.89. The van der Waals surface area contributed by atoms with Crippen LogP contribution >= 0.6 is 11.3 Å². The van der Waals surface area contributed by atoms with E-state index in [0.29, 0.717) is 12.3 Å². The van der Waals surface area contributed by atoms with Gasteiger partial charge in [0.15, 0.2) is 6.29 Å². The van der Waals surface area contributed by atoms with E-state index in [1.807, 2.05) is 12.1 Å². The van der Waals surface area contributed by atoms with Gasteiger partial charge in [-0.15, -0.1) is 11.3 Å². The number of nitrogens with zero attached hydrogens (tertiary/aromatic N) is 1. The molecule has 1 aromatic carbocycles. The highest BCUT2D eigenvalue weighted by molar-refractivity contribution is 7.09. The zero-order valence-corrected chi connectivity index (χ0v) is 11.3. The maximum Gasteiger partial charge on any atom is 0.169 e. The molecule has 18 heavy (non-hydrogen) atoms. The van der Waals surface area contributed by atoms with Crippen molar-refractivity contribution in [1.82, 2.24) is 4.98 Å². The van der Waals surface area contributed by atoms with Crippen LogP contribution in [0, 0.1) is 13.8 Å². The maximum atomic E-state index is 10.5. The Bertz CT molecular complexity index is 528. The molecule has 0 atom stereocenters. The number of aromatic nitrogens is 1. The van der Waals surface area contributed by atoms with Crippen LogP contribution in [0.15, 0.2) is 23.6 Å². The van der Waals surface area contributed by atoms with Gasteiger partial charge in [-0.1, -0.05) is 6.07 Å². The largest absolute Gasteiger partial charge is 0.493 e. The minimum atomic E-state index is 0.501. The van der Waals surface area contributed by atoms with Crippen molar-refractivity contribution in [3.63, 3.8) is 0 Å². The minimum Gasteiger partial charge on any atom is -0.493 e. The molecule has 0 aliphatic carbocycles. The normalized spacial score (nSPS) is 10.3. The Morgan fingerprint density at radius 2 is 2.00 bits per heavy atom. The second-order valence-electron chi connectivity index (χ2n) is 4.21. The van der Waals surface area contributed by atoms with Gasteiger partial charge in [0.05, 0.1) is 11.6 Å². The lowest BCUT2D eigenvalue weighted by Gasteiger charge is -2.07. The van der Waals surface area contributed by atoms with Gasteiger partial charge in [-0.3, -0.25) is 4.79 Å². The molecule has 0 fully saturated rings. The predicted octanol–water partition coefficient (Wildman–Crippen LogP) is 3.19. The molecule has 0 spiro atoms. The molecule has 0 bridgehead atoms. The third-order valence-electron chi connectivity index (χ3n) is 2.47. The van der Waals surface area contributed by atoms with E-state index in [1.54, 1.807) is 5.38 Å². The summed E-state index contributed by atoms with van der Waals surface area (Å²) in [7, 11) is 0. The number of benzene rings is 1. The topological polar surface area (TPSA) is 39.2 Å². The molecular weight excluding hydrogens is 246 g/mol. The Labute approximate surface area is 110 Å². The third kappa shape index (κ3) is 3.40. The number of aryl methyl sites for hydroxylation is 2. The summed E-state index contributed by atoms with van der Waals surface area (Å²) in [5.74, 6) is 0.889. The summed E-state index contributed by atoms with van der Waals surface area (Å²) in [5, 5.41) is 2.69. The second kappa shape index (κ2) is 5.78. The van der Waals surface area contributed by atoms with Crippen molar-refractivity contribution >= 4 is 17.6 Å². The fourth-order valence-corrected chi connectivity index (χ4v) is 2.49. The highest BCUT2D eigenvalue weighted by Gasteiger charge is 2.02. The average molecular weight is 261 g/mol. The van der Waals surface area contributed by atoms with Gasteiger partial charge in [0.2, 0.25) is 0 Å². The van der Waals surface area contributed by atoms with Gasteiger partial charge < -0.3 is 4.74 Å². The van der Waals surface area contributed by atoms with Crippen molar-refractivity contribution in [3.05, 3.63) is 45.4 Å². The van der Waals surface area contributed by atoms with E-state index < -0.39 is 0 Å². The molecule has 1 heterocycles. The van der Waals surface area contributed by atoms with E-state index in [2.05, 4.69) is 24.9 Å². The van der Waals surface area contributed by atoms with Crippen molar-refractivity contribution in [2.75, 3.05) is 6.61 Å². The van der Waals surface area contributed by atoms with E-state index >= 15 is 0 Å². The molecule has 4 heteroatoms. The standard InChI is InChI=1S/C14H15NO2S/c1-10-5-11(2)7-13(6-10)17-4-3-14-15-12(8-16)9-18-14/h5-9H,3-4H2,1-2H3. The first kappa shape index (κ1) is 12.8. The number of carbonyl (C=O) groups is 1. The number of aldehydes is 1. The van der Waals surface area contributed by atoms with Gasteiger partial charge >= 0.3 is 0 Å². The molecular formula is C14H15NO2S. The Balaban J connectivity index is 1.89. The van der Waals surface area contributed by atoms with Gasteiger partial charge in [0.1, 0.15) is 11.4 Å². The first-order valence-electron chi connectivity index (χ1n) is 5.78. The highest BCUT2D eigenvalue weighted by atomic mass is 32.1. The van der Waals surface area contributed by atoms with E-state index in [1.165, 1.54) is 22.5 Å². The molecule has 0 aliphatic heterocycles. The van der Waals surface area contributed by atoms with Crippen molar-refractivity contribution in [2.24, 2.45) is 0 Å². The van der Waals surface area contributed by atoms with E-state index in [0.717, 1.165) is 23.5 Å². The van der Waals surface area contributed by atoms with Crippen LogP contribution in [0.4, 0.5) is 0 Å². The van der Waals surface area contributed by atoms with E-state index in [-0.39, 0.29) is 0 Å². The first-order valence-corrected chi connectivity index (χ1v) is 6.66. The van der Waals surface area contributed by atoms with Crippen molar-refractivity contribution < 1.29 is 9.53 Å². The maximum absolute atomic E-state index is 10.5. The number of rotatable bonds is 5. The molecule has 0 radical (unpaired) electrons. The molecule has 2 aromatic rings. The smallest absolute Gasteiger partial charge is 0.169 e. The molecule has 94 valence electrons. The van der Waals surface area contributed by atoms with Gasteiger partial charge in [0, 0.05) is 11.8 Å². The molecule has 2 rings (SSSR count). The fourth-order valence-electron chi connectivity index (χ4n) is 1.77. The van der Waals surface area contributed by atoms with Crippen LogP contribution in [0.1, 0.15) is 26.6 Å². The number of ether oxygens (including phenoxy) is 1. The lowest BCUT2D eigenvalue weighted by atomic mass is 10.1. The second-order valence-corrected chi connectivity index (χ2v) is 5.15. The lowest BCUT2D eigenvalue weighted by molar-refractivity contribution is 0.111. The van der Waals surface area contributed by atoms with E-state index in [9.17, 15) is 4.79 Å². The summed E-state index contributed by atoms with van der Waals surface area (Å²) in [6, 6.07) is 6.15. The van der Waals surface area contributed by atoms with Gasteiger partial charge in [0.25, 0.3) is 0 Å². The van der Waals surface area contributed by atoms with Crippen LogP contribution in [0.3, 0.4) is 0 Å². The highest BCUT2D eigenvalue weighted by Crippen LogP contribution is 2.17. The van der Waals surface area contributed by atoms with Gasteiger partial charge in [-0.2, -0.15) is 0 Å². The number of carbonyl (C=O) groups excluding carboxylic acids is 1.